The smallest absolute Gasteiger partial charge is 0.239 e. The van der Waals surface area contributed by atoms with E-state index in [-0.39, 0.29) is 5.91 Å². The number of aromatic nitrogens is 3. The first-order chi connectivity index (χ1) is 11.5. The number of H-pyrrole nitrogens is 1. The molecular formula is C15H14F2N4O2S. The quantitative estimate of drug-likeness (QED) is 0.685. The Bertz CT molecular complexity index is 854. The van der Waals surface area contributed by atoms with Gasteiger partial charge in [-0.2, -0.15) is 0 Å². The van der Waals surface area contributed by atoms with Gasteiger partial charge in [-0.3, -0.25) is 4.79 Å². The molecule has 6 nitrogen and oxygen atoms in total. The maximum absolute atomic E-state index is 13.2. The van der Waals surface area contributed by atoms with Gasteiger partial charge in [-0.15, -0.1) is 0 Å². The Morgan fingerprint density at radius 3 is 2.79 bits per heavy atom. The minimum atomic E-state index is -0.961. The van der Waals surface area contributed by atoms with Gasteiger partial charge in [0.05, 0.1) is 16.3 Å². The molecule has 0 fully saturated rings. The summed E-state index contributed by atoms with van der Waals surface area (Å²) < 4.78 is 31.4. The van der Waals surface area contributed by atoms with Gasteiger partial charge in [0.15, 0.2) is 22.6 Å². The van der Waals surface area contributed by atoms with E-state index in [0.717, 1.165) is 12.1 Å². The number of anilines is 1. The third-order valence-electron chi connectivity index (χ3n) is 3.30. The molecule has 0 radical (unpaired) electrons. The van der Waals surface area contributed by atoms with Crippen molar-refractivity contribution in [3.8, 4) is 0 Å². The number of carbonyl (C=O) groups excluding carboxylic acids is 1. The molecule has 0 aliphatic rings. The number of benzene rings is 1. The fourth-order valence-corrected chi connectivity index (χ4v) is 3.05. The molecule has 3 rings (SSSR count). The summed E-state index contributed by atoms with van der Waals surface area (Å²) in [6, 6.07) is 3.67. The van der Waals surface area contributed by atoms with Gasteiger partial charge in [0.1, 0.15) is 5.76 Å². The molecule has 0 aliphatic heterocycles. The molecule has 0 aliphatic carbocycles. The van der Waals surface area contributed by atoms with Crippen LogP contribution in [0.15, 0.2) is 27.9 Å². The second-order valence-corrected chi connectivity index (χ2v) is 6.34. The fraction of sp³-hybridized carbons (Fsp3) is 0.267. The number of fused-ring (bicyclic) bond motifs is 1. The number of nitrogens with zero attached hydrogens (tertiary/aromatic N) is 2. The highest BCUT2D eigenvalue weighted by atomic mass is 32.2. The predicted octanol–water partition coefficient (Wildman–Crippen LogP) is 3.65. The molecule has 0 bridgehead atoms. The molecule has 0 saturated carbocycles. The first kappa shape index (κ1) is 16.4. The molecule has 3 aromatic rings. The Morgan fingerprint density at radius 1 is 1.38 bits per heavy atom. The standard InChI is InChI=1S/C15H14F2N4O2S/c1-3-12(14(22)20-13-4-7(2)23-21-13)24-15-18-10-5-8(16)9(17)6-11(10)19-15/h4-6,12H,3H2,1-2H3,(H,18,19)(H,20,21,22). The molecule has 0 spiro atoms. The third kappa shape index (κ3) is 3.40. The lowest BCUT2D eigenvalue weighted by Gasteiger charge is -2.11. The van der Waals surface area contributed by atoms with Crippen LogP contribution in [0.2, 0.25) is 0 Å². The number of amides is 1. The molecule has 0 saturated heterocycles. The number of imidazole rings is 1. The number of carbonyl (C=O) groups is 1. The first-order valence-corrected chi connectivity index (χ1v) is 8.10. The van der Waals surface area contributed by atoms with Gasteiger partial charge in [-0.25, -0.2) is 13.8 Å². The molecule has 1 amide bonds. The summed E-state index contributed by atoms with van der Waals surface area (Å²) in [4.78, 5) is 19.4. The molecule has 1 unspecified atom stereocenters. The van der Waals surface area contributed by atoms with E-state index >= 15 is 0 Å². The van der Waals surface area contributed by atoms with Crippen molar-refractivity contribution in [2.75, 3.05) is 5.32 Å². The zero-order chi connectivity index (χ0) is 17.3. The number of hydrogen-bond acceptors (Lipinski definition) is 5. The number of halogens is 2. The molecule has 2 aromatic heterocycles. The van der Waals surface area contributed by atoms with E-state index in [1.165, 1.54) is 11.8 Å². The van der Waals surface area contributed by atoms with Crippen LogP contribution in [0.25, 0.3) is 11.0 Å². The Labute approximate surface area is 140 Å². The zero-order valence-electron chi connectivity index (χ0n) is 12.9. The minimum Gasteiger partial charge on any atom is -0.360 e. The van der Waals surface area contributed by atoms with E-state index < -0.39 is 16.9 Å². The van der Waals surface area contributed by atoms with Crippen LogP contribution in [0.4, 0.5) is 14.6 Å². The van der Waals surface area contributed by atoms with Crippen molar-refractivity contribution in [3.63, 3.8) is 0 Å². The summed E-state index contributed by atoms with van der Waals surface area (Å²) >= 11 is 1.18. The summed E-state index contributed by atoms with van der Waals surface area (Å²) in [7, 11) is 0. The van der Waals surface area contributed by atoms with Crippen LogP contribution in [0.3, 0.4) is 0 Å². The van der Waals surface area contributed by atoms with E-state index in [2.05, 4.69) is 20.4 Å². The van der Waals surface area contributed by atoms with Gasteiger partial charge in [0.2, 0.25) is 5.91 Å². The molecule has 2 N–H and O–H groups in total. The van der Waals surface area contributed by atoms with Crippen molar-refractivity contribution in [1.82, 2.24) is 15.1 Å². The molecule has 1 atom stereocenters. The van der Waals surface area contributed by atoms with Gasteiger partial charge >= 0.3 is 0 Å². The van der Waals surface area contributed by atoms with Gasteiger partial charge in [0, 0.05) is 18.2 Å². The molecule has 2 heterocycles. The molecule has 24 heavy (non-hydrogen) atoms. The highest BCUT2D eigenvalue weighted by Gasteiger charge is 2.21. The van der Waals surface area contributed by atoms with Crippen LogP contribution in [0.1, 0.15) is 19.1 Å². The van der Waals surface area contributed by atoms with Crippen LogP contribution in [0, 0.1) is 18.6 Å². The maximum Gasteiger partial charge on any atom is 0.239 e. The van der Waals surface area contributed by atoms with Crippen LogP contribution in [0.5, 0.6) is 0 Å². The SMILES string of the molecule is CCC(Sc1nc2cc(F)c(F)cc2[nH]1)C(=O)Nc1cc(C)on1. The summed E-state index contributed by atoms with van der Waals surface area (Å²) in [6.45, 7) is 3.58. The lowest BCUT2D eigenvalue weighted by atomic mass is 10.3. The summed E-state index contributed by atoms with van der Waals surface area (Å²) in [6.07, 6.45) is 0.535. The number of thioether (sulfide) groups is 1. The van der Waals surface area contributed by atoms with Crippen molar-refractivity contribution in [1.29, 1.82) is 0 Å². The number of nitrogens with one attached hydrogen (secondary N) is 2. The minimum absolute atomic E-state index is 0.256. The highest BCUT2D eigenvalue weighted by Crippen LogP contribution is 2.27. The summed E-state index contributed by atoms with van der Waals surface area (Å²) in [5.41, 5.74) is 0.678. The Morgan fingerprint density at radius 2 is 2.12 bits per heavy atom. The maximum atomic E-state index is 13.2. The average molecular weight is 352 g/mol. The Hall–Kier alpha value is -2.42. The van der Waals surface area contributed by atoms with E-state index in [9.17, 15) is 13.6 Å². The van der Waals surface area contributed by atoms with Gasteiger partial charge in [-0.1, -0.05) is 23.8 Å². The third-order valence-corrected chi connectivity index (χ3v) is 4.55. The molecular weight excluding hydrogens is 338 g/mol. The molecule has 1 aromatic carbocycles. The second-order valence-electron chi connectivity index (χ2n) is 5.15. The van der Waals surface area contributed by atoms with Crippen molar-refractivity contribution in [3.05, 3.63) is 35.6 Å². The van der Waals surface area contributed by atoms with Crippen molar-refractivity contribution in [2.24, 2.45) is 0 Å². The van der Waals surface area contributed by atoms with Crippen molar-refractivity contribution < 1.29 is 18.1 Å². The van der Waals surface area contributed by atoms with E-state index in [1.54, 1.807) is 13.0 Å². The van der Waals surface area contributed by atoms with E-state index in [0.29, 0.717) is 34.2 Å². The topological polar surface area (TPSA) is 83.8 Å². The van der Waals surface area contributed by atoms with E-state index in [4.69, 9.17) is 4.52 Å². The van der Waals surface area contributed by atoms with Gasteiger partial charge in [-0.05, 0) is 13.3 Å². The largest absolute Gasteiger partial charge is 0.360 e. The first-order valence-electron chi connectivity index (χ1n) is 7.22. The van der Waals surface area contributed by atoms with Crippen LogP contribution in [-0.2, 0) is 4.79 Å². The van der Waals surface area contributed by atoms with Crippen LogP contribution >= 0.6 is 11.8 Å². The predicted molar refractivity (Wildman–Crippen MR) is 85.8 cm³/mol. The van der Waals surface area contributed by atoms with Crippen molar-refractivity contribution in [2.45, 2.75) is 30.7 Å². The Kier molecular flexibility index (Phi) is 4.52. The van der Waals surface area contributed by atoms with Gasteiger partial charge < -0.3 is 14.8 Å². The average Bonchev–Trinajstić information content (AvgIpc) is 3.11. The van der Waals surface area contributed by atoms with Gasteiger partial charge in [0.25, 0.3) is 0 Å². The van der Waals surface area contributed by atoms with E-state index in [1.807, 2.05) is 6.92 Å². The number of rotatable bonds is 5. The summed E-state index contributed by atoms with van der Waals surface area (Å²) in [5.74, 6) is -1.24. The second kappa shape index (κ2) is 6.60. The highest BCUT2D eigenvalue weighted by molar-refractivity contribution is 8.00. The van der Waals surface area contributed by atoms with Crippen molar-refractivity contribution >= 4 is 34.5 Å². The molecule has 9 heteroatoms. The zero-order valence-corrected chi connectivity index (χ0v) is 13.7. The lowest BCUT2D eigenvalue weighted by molar-refractivity contribution is -0.115. The number of aryl methyl sites for hydroxylation is 1. The summed E-state index contributed by atoms with van der Waals surface area (Å²) in [5, 5.41) is 6.33. The lowest BCUT2D eigenvalue weighted by Crippen LogP contribution is -2.24. The normalized spacial score (nSPS) is 12.5. The van der Waals surface area contributed by atoms with Crippen LogP contribution < -0.4 is 5.32 Å². The Balaban J connectivity index is 1.76. The monoisotopic (exact) mass is 352 g/mol. The molecule has 126 valence electrons. The fourth-order valence-electron chi connectivity index (χ4n) is 2.13. The number of aromatic amines is 1. The number of hydrogen-bond donors (Lipinski definition) is 2. The van der Waals surface area contributed by atoms with Crippen LogP contribution in [-0.4, -0.2) is 26.3 Å².